The zero-order valence-electron chi connectivity index (χ0n) is 39.0. The van der Waals surface area contributed by atoms with Crippen LogP contribution in [0.1, 0.15) is 99.8 Å². The van der Waals surface area contributed by atoms with Crippen LogP contribution >= 0.6 is 0 Å². The standard InChI is InChI=1S/C58H60N4O/c1-55(2,3)40-24-26-47(42(33-40)37-21-17-14-18-22-37)61-50-28-27-49-51(52(50)60-54(61)44-34-41(56(4,5)6)35-45(53(44)63)57(7,8)9)43-31-39(23-25-48(43)62(49)58(10,11)12)46-32-38(29-30-59-46)36-19-15-13-16-20-36/h13-35,63H,1-12H3. The van der Waals surface area contributed by atoms with E-state index >= 15 is 0 Å². The summed E-state index contributed by atoms with van der Waals surface area (Å²) in [6.07, 6.45) is 1.91. The number of rotatable bonds is 5. The molecule has 3 heterocycles. The van der Waals surface area contributed by atoms with Gasteiger partial charge >= 0.3 is 0 Å². The molecule has 9 rings (SSSR count). The van der Waals surface area contributed by atoms with Crippen LogP contribution in [0, 0.1) is 0 Å². The van der Waals surface area contributed by atoms with Gasteiger partial charge in [0.25, 0.3) is 0 Å². The van der Waals surface area contributed by atoms with Gasteiger partial charge in [-0.15, -0.1) is 0 Å². The third-order valence-corrected chi connectivity index (χ3v) is 12.6. The fraction of sp³-hybridized carbons (Fsp3) is 0.276. The van der Waals surface area contributed by atoms with E-state index in [-0.39, 0.29) is 27.5 Å². The van der Waals surface area contributed by atoms with Gasteiger partial charge in [-0.05, 0) is 119 Å². The monoisotopic (exact) mass is 828 g/mol. The molecule has 0 aliphatic carbocycles. The summed E-state index contributed by atoms with van der Waals surface area (Å²) < 4.78 is 4.77. The lowest BCUT2D eigenvalue weighted by molar-refractivity contribution is 0.423. The first-order chi connectivity index (χ1) is 29.7. The number of phenols is 1. The number of aromatic hydroxyl groups is 1. The number of phenolic OH excluding ortho intramolecular Hbond substituents is 1. The van der Waals surface area contributed by atoms with Crippen LogP contribution in [0.25, 0.3) is 83.4 Å². The smallest absolute Gasteiger partial charge is 0.149 e. The maximum absolute atomic E-state index is 12.6. The first-order valence-electron chi connectivity index (χ1n) is 22.3. The van der Waals surface area contributed by atoms with Crippen LogP contribution in [0.3, 0.4) is 0 Å². The Morgan fingerprint density at radius 3 is 1.75 bits per heavy atom. The third-order valence-electron chi connectivity index (χ3n) is 12.6. The number of imidazole rings is 1. The number of aromatic nitrogens is 4. The van der Waals surface area contributed by atoms with Gasteiger partial charge in [0.1, 0.15) is 11.6 Å². The van der Waals surface area contributed by atoms with Crippen molar-refractivity contribution < 1.29 is 5.11 Å². The largest absolute Gasteiger partial charge is 0.507 e. The summed E-state index contributed by atoms with van der Waals surface area (Å²) in [5.41, 5.74) is 14.8. The number of nitrogens with zero attached hydrogens (tertiary/aromatic N) is 4. The molecule has 0 saturated heterocycles. The van der Waals surface area contributed by atoms with Crippen molar-refractivity contribution in [1.29, 1.82) is 0 Å². The minimum Gasteiger partial charge on any atom is -0.507 e. The SMILES string of the molecule is CC(C)(C)c1ccc(-n2c(-c3cc(C(C)(C)C)cc(C(C)(C)C)c3O)nc3c4c5cc(-c6cc(-c7ccccc7)ccn6)ccc5n(C(C)(C)C)c4ccc32)c(-c2ccccc2)c1. The van der Waals surface area contributed by atoms with E-state index < -0.39 is 0 Å². The summed E-state index contributed by atoms with van der Waals surface area (Å²) in [7, 11) is 0. The summed E-state index contributed by atoms with van der Waals surface area (Å²) in [5.74, 6) is 0.969. The average molecular weight is 829 g/mol. The van der Waals surface area contributed by atoms with Gasteiger partial charge in [-0.25, -0.2) is 4.98 Å². The van der Waals surface area contributed by atoms with Crippen LogP contribution in [0.2, 0.25) is 0 Å². The van der Waals surface area contributed by atoms with Gasteiger partial charge in [-0.2, -0.15) is 0 Å². The summed E-state index contributed by atoms with van der Waals surface area (Å²) in [5, 5.41) is 14.8. The van der Waals surface area contributed by atoms with E-state index in [0.29, 0.717) is 5.82 Å². The normalized spacial score (nSPS) is 12.8. The second-order valence-electron chi connectivity index (χ2n) is 21.4. The highest BCUT2D eigenvalue weighted by Gasteiger charge is 2.31. The molecular formula is C58H60N4O. The molecular weight excluding hydrogens is 769 g/mol. The second kappa shape index (κ2) is 14.8. The Hall–Kier alpha value is -6.46. The average Bonchev–Trinajstić information content (AvgIpc) is 3.79. The molecule has 0 fully saturated rings. The molecule has 0 spiro atoms. The molecule has 9 aromatic rings. The fourth-order valence-electron chi connectivity index (χ4n) is 9.21. The molecule has 0 unspecified atom stereocenters. The predicted molar refractivity (Wildman–Crippen MR) is 266 cm³/mol. The molecule has 6 aromatic carbocycles. The summed E-state index contributed by atoms with van der Waals surface area (Å²) in [6, 6.07) is 47.9. The molecule has 0 atom stereocenters. The highest BCUT2D eigenvalue weighted by Crippen LogP contribution is 2.47. The molecule has 63 heavy (non-hydrogen) atoms. The molecule has 1 N–H and O–H groups in total. The van der Waals surface area contributed by atoms with E-state index in [1.54, 1.807) is 0 Å². The van der Waals surface area contributed by atoms with Gasteiger partial charge in [-0.3, -0.25) is 9.55 Å². The van der Waals surface area contributed by atoms with Crippen LogP contribution in [0.15, 0.2) is 140 Å². The van der Waals surface area contributed by atoms with Crippen molar-refractivity contribution in [3.8, 4) is 56.3 Å². The minimum atomic E-state index is -0.323. The van der Waals surface area contributed by atoms with Crippen LogP contribution < -0.4 is 0 Å². The van der Waals surface area contributed by atoms with Crippen LogP contribution in [0.5, 0.6) is 5.75 Å². The highest BCUT2D eigenvalue weighted by atomic mass is 16.3. The number of benzene rings is 6. The first-order valence-corrected chi connectivity index (χ1v) is 22.3. The topological polar surface area (TPSA) is 55.9 Å². The van der Waals surface area contributed by atoms with E-state index in [9.17, 15) is 5.11 Å². The molecule has 0 saturated carbocycles. The lowest BCUT2D eigenvalue weighted by Crippen LogP contribution is -2.21. The lowest BCUT2D eigenvalue weighted by Gasteiger charge is -2.28. The Morgan fingerprint density at radius 1 is 0.492 bits per heavy atom. The first kappa shape index (κ1) is 41.9. The molecule has 0 radical (unpaired) electrons. The maximum Gasteiger partial charge on any atom is 0.149 e. The van der Waals surface area contributed by atoms with Gasteiger partial charge in [0.2, 0.25) is 0 Å². The Bertz CT molecular complexity index is 3190. The maximum atomic E-state index is 12.6. The minimum absolute atomic E-state index is 0.0725. The Kier molecular flexibility index (Phi) is 9.86. The van der Waals surface area contributed by atoms with E-state index in [2.05, 4.69) is 220 Å². The van der Waals surface area contributed by atoms with E-state index in [4.69, 9.17) is 9.97 Å². The second-order valence-corrected chi connectivity index (χ2v) is 21.4. The molecule has 0 aliphatic heterocycles. The van der Waals surface area contributed by atoms with Gasteiger partial charge in [0.05, 0.1) is 33.5 Å². The van der Waals surface area contributed by atoms with Crippen LogP contribution in [-0.2, 0) is 21.8 Å². The fourth-order valence-corrected chi connectivity index (χ4v) is 9.21. The highest BCUT2D eigenvalue weighted by molar-refractivity contribution is 6.20. The Balaban J connectivity index is 1.43. The number of pyridine rings is 1. The third kappa shape index (κ3) is 7.41. The van der Waals surface area contributed by atoms with Crippen molar-refractivity contribution in [2.45, 2.75) is 105 Å². The van der Waals surface area contributed by atoms with Crippen LogP contribution in [0.4, 0.5) is 0 Å². The summed E-state index contributed by atoms with van der Waals surface area (Å²) >= 11 is 0. The number of hydrogen-bond donors (Lipinski definition) is 1. The van der Waals surface area contributed by atoms with Crippen molar-refractivity contribution in [1.82, 2.24) is 19.1 Å². The van der Waals surface area contributed by atoms with Crippen LogP contribution in [-0.4, -0.2) is 24.2 Å². The van der Waals surface area contributed by atoms with Gasteiger partial charge in [-0.1, -0.05) is 141 Å². The van der Waals surface area contributed by atoms with Gasteiger partial charge in [0.15, 0.2) is 0 Å². The van der Waals surface area contributed by atoms with E-state index in [1.165, 1.54) is 5.56 Å². The Morgan fingerprint density at radius 2 is 1.11 bits per heavy atom. The van der Waals surface area contributed by atoms with Crippen molar-refractivity contribution in [3.63, 3.8) is 0 Å². The van der Waals surface area contributed by atoms with Gasteiger partial charge in [0, 0.05) is 44.7 Å². The van der Waals surface area contributed by atoms with Crippen molar-refractivity contribution in [2.75, 3.05) is 0 Å². The molecule has 5 nitrogen and oxygen atoms in total. The van der Waals surface area contributed by atoms with Crippen molar-refractivity contribution in [3.05, 3.63) is 156 Å². The van der Waals surface area contributed by atoms with E-state index in [1.807, 2.05) is 12.3 Å². The molecule has 5 heteroatoms. The predicted octanol–water partition coefficient (Wildman–Crippen LogP) is 15.5. The quantitative estimate of drug-likeness (QED) is 0.188. The van der Waals surface area contributed by atoms with Crippen molar-refractivity contribution >= 4 is 32.8 Å². The van der Waals surface area contributed by atoms with Gasteiger partial charge < -0.3 is 9.67 Å². The lowest BCUT2D eigenvalue weighted by atomic mass is 9.79. The zero-order valence-corrected chi connectivity index (χ0v) is 39.0. The number of hydrogen-bond acceptors (Lipinski definition) is 3. The summed E-state index contributed by atoms with van der Waals surface area (Å²) in [6.45, 7) is 26.8. The molecule has 0 bridgehead atoms. The summed E-state index contributed by atoms with van der Waals surface area (Å²) in [4.78, 5) is 10.7. The molecule has 318 valence electrons. The molecule has 0 amide bonds. The molecule has 3 aromatic heterocycles. The van der Waals surface area contributed by atoms with Crippen molar-refractivity contribution in [2.24, 2.45) is 0 Å². The number of fused-ring (bicyclic) bond motifs is 5. The molecule has 0 aliphatic rings. The Labute approximate surface area is 373 Å². The zero-order chi connectivity index (χ0) is 44.8. The van der Waals surface area contributed by atoms with E-state index in [0.717, 1.165) is 88.7 Å².